The SMILES string of the molecule is C#CCNC(=NC)NCc1ccc(C)cc1OC1CCOC1. The molecule has 0 radical (unpaired) electrons. The third-order valence-corrected chi connectivity index (χ3v) is 3.43. The fourth-order valence-corrected chi connectivity index (χ4v) is 2.24. The van der Waals surface area contributed by atoms with E-state index in [4.69, 9.17) is 15.9 Å². The molecule has 1 unspecified atom stereocenters. The van der Waals surface area contributed by atoms with E-state index in [1.54, 1.807) is 7.05 Å². The molecule has 0 aromatic heterocycles. The van der Waals surface area contributed by atoms with Gasteiger partial charge in [-0.2, -0.15) is 0 Å². The molecule has 1 fully saturated rings. The van der Waals surface area contributed by atoms with E-state index in [0.29, 0.717) is 25.7 Å². The first-order valence-corrected chi connectivity index (χ1v) is 7.45. The molecule has 0 aliphatic carbocycles. The van der Waals surface area contributed by atoms with Crippen LogP contribution in [0.25, 0.3) is 0 Å². The maximum absolute atomic E-state index is 6.08. The van der Waals surface area contributed by atoms with Crippen LogP contribution in [0, 0.1) is 19.3 Å². The first-order chi connectivity index (χ1) is 10.7. The quantitative estimate of drug-likeness (QED) is 0.491. The first kappa shape index (κ1) is 16.2. The van der Waals surface area contributed by atoms with Crippen LogP contribution in [0.5, 0.6) is 5.75 Å². The molecule has 1 atom stereocenters. The smallest absolute Gasteiger partial charge is 0.192 e. The Bertz CT molecular complexity index is 558. The van der Waals surface area contributed by atoms with E-state index in [1.807, 2.05) is 0 Å². The zero-order chi connectivity index (χ0) is 15.8. The summed E-state index contributed by atoms with van der Waals surface area (Å²) in [5, 5.41) is 6.27. The molecule has 1 heterocycles. The van der Waals surface area contributed by atoms with E-state index in [1.165, 1.54) is 5.56 Å². The number of hydrogen-bond acceptors (Lipinski definition) is 3. The minimum Gasteiger partial charge on any atom is -0.488 e. The van der Waals surface area contributed by atoms with E-state index >= 15 is 0 Å². The number of rotatable bonds is 5. The van der Waals surface area contributed by atoms with Gasteiger partial charge in [0, 0.05) is 25.6 Å². The number of nitrogens with zero attached hydrogens (tertiary/aromatic N) is 1. The zero-order valence-corrected chi connectivity index (χ0v) is 13.2. The molecule has 22 heavy (non-hydrogen) atoms. The van der Waals surface area contributed by atoms with Crippen LogP contribution in [0.4, 0.5) is 0 Å². The van der Waals surface area contributed by atoms with Crippen molar-refractivity contribution in [1.82, 2.24) is 10.6 Å². The minimum absolute atomic E-state index is 0.138. The van der Waals surface area contributed by atoms with Crippen LogP contribution in [0.3, 0.4) is 0 Å². The van der Waals surface area contributed by atoms with E-state index in [9.17, 15) is 0 Å². The largest absolute Gasteiger partial charge is 0.488 e. The van der Waals surface area contributed by atoms with Crippen molar-refractivity contribution in [3.63, 3.8) is 0 Å². The third kappa shape index (κ3) is 4.68. The molecular weight excluding hydrogens is 278 g/mol. The van der Waals surface area contributed by atoms with Crippen molar-refractivity contribution < 1.29 is 9.47 Å². The van der Waals surface area contributed by atoms with Crippen LogP contribution >= 0.6 is 0 Å². The maximum atomic E-state index is 6.08. The molecule has 1 aromatic carbocycles. The predicted octanol–water partition coefficient (Wildman–Crippen LogP) is 1.46. The summed E-state index contributed by atoms with van der Waals surface area (Å²) in [4.78, 5) is 4.13. The molecule has 0 saturated carbocycles. The molecule has 2 rings (SSSR count). The third-order valence-electron chi connectivity index (χ3n) is 3.43. The summed E-state index contributed by atoms with van der Waals surface area (Å²) in [5.74, 6) is 4.10. The van der Waals surface area contributed by atoms with Crippen LogP contribution in [0.1, 0.15) is 17.5 Å². The van der Waals surface area contributed by atoms with Crippen molar-refractivity contribution in [3.8, 4) is 18.1 Å². The highest BCUT2D eigenvalue weighted by molar-refractivity contribution is 5.79. The van der Waals surface area contributed by atoms with E-state index in [2.05, 4.69) is 46.7 Å². The summed E-state index contributed by atoms with van der Waals surface area (Å²) in [5.41, 5.74) is 2.26. The molecule has 0 bridgehead atoms. The van der Waals surface area contributed by atoms with Gasteiger partial charge in [-0.3, -0.25) is 4.99 Å². The molecule has 0 amide bonds. The number of aliphatic imine (C=N–C) groups is 1. The number of terminal acetylenes is 1. The zero-order valence-electron chi connectivity index (χ0n) is 13.2. The fraction of sp³-hybridized carbons (Fsp3) is 0.471. The second-order valence-corrected chi connectivity index (χ2v) is 5.20. The highest BCUT2D eigenvalue weighted by Gasteiger charge is 2.18. The number of benzene rings is 1. The Kier molecular flexibility index (Phi) is 6.11. The number of hydrogen-bond donors (Lipinski definition) is 2. The normalized spacial score (nSPS) is 17.9. The van der Waals surface area contributed by atoms with Crippen molar-refractivity contribution in [2.24, 2.45) is 4.99 Å². The van der Waals surface area contributed by atoms with Gasteiger partial charge in [0.05, 0.1) is 19.8 Å². The standard InChI is InChI=1S/C17H23N3O2/c1-4-8-19-17(18-3)20-11-14-6-5-13(2)10-16(14)22-15-7-9-21-12-15/h1,5-6,10,15H,7-9,11-12H2,2-3H3,(H2,18,19,20). The van der Waals surface area contributed by atoms with Gasteiger partial charge in [-0.05, 0) is 18.6 Å². The Hall–Kier alpha value is -2.19. The lowest BCUT2D eigenvalue weighted by Crippen LogP contribution is -2.37. The number of nitrogens with one attached hydrogen (secondary N) is 2. The summed E-state index contributed by atoms with van der Waals surface area (Å²) in [6, 6.07) is 6.21. The van der Waals surface area contributed by atoms with Crippen LogP contribution in [-0.2, 0) is 11.3 Å². The lowest BCUT2D eigenvalue weighted by Gasteiger charge is -2.17. The average molecular weight is 301 g/mol. The van der Waals surface area contributed by atoms with Crippen molar-refractivity contribution in [3.05, 3.63) is 29.3 Å². The monoisotopic (exact) mass is 301 g/mol. The number of aryl methyl sites for hydroxylation is 1. The van der Waals surface area contributed by atoms with Crippen molar-refractivity contribution in [2.45, 2.75) is 26.0 Å². The number of guanidine groups is 1. The number of ether oxygens (including phenoxy) is 2. The van der Waals surface area contributed by atoms with E-state index < -0.39 is 0 Å². The van der Waals surface area contributed by atoms with Crippen molar-refractivity contribution in [1.29, 1.82) is 0 Å². The molecule has 1 aliphatic heterocycles. The van der Waals surface area contributed by atoms with Gasteiger partial charge in [0.25, 0.3) is 0 Å². The molecular formula is C17H23N3O2. The van der Waals surface area contributed by atoms with Gasteiger partial charge in [0.1, 0.15) is 11.9 Å². The molecule has 1 aromatic rings. The van der Waals surface area contributed by atoms with Gasteiger partial charge in [0.15, 0.2) is 5.96 Å². The van der Waals surface area contributed by atoms with E-state index in [-0.39, 0.29) is 6.10 Å². The van der Waals surface area contributed by atoms with Gasteiger partial charge in [-0.25, -0.2) is 0 Å². The minimum atomic E-state index is 0.138. The maximum Gasteiger partial charge on any atom is 0.192 e. The van der Waals surface area contributed by atoms with Crippen LogP contribution in [-0.4, -0.2) is 38.9 Å². The van der Waals surface area contributed by atoms with Gasteiger partial charge < -0.3 is 20.1 Å². The Morgan fingerprint density at radius 1 is 1.50 bits per heavy atom. The second-order valence-electron chi connectivity index (χ2n) is 5.20. The van der Waals surface area contributed by atoms with Gasteiger partial charge >= 0.3 is 0 Å². The van der Waals surface area contributed by atoms with E-state index in [0.717, 1.165) is 24.3 Å². The Morgan fingerprint density at radius 2 is 2.36 bits per heavy atom. The molecule has 118 valence electrons. The summed E-state index contributed by atoms with van der Waals surface area (Å²) in [6.45, 7) is 4.55. The van der Waals surface area contributed by atoms with Gasteiger partial charge in [0.2, 0.25) is 0 Å². The summed E-state index contributed by atoms with van der Waals surface area (Å²) < 4.78 is 11.4. The lowest BCUT2D eigenvalue weighted by atomic mass is 10.1. The Morgan fingerprint density at radius 3 is 3.05 bits per heavy atom. The molecule has 1 saturated heterocycles. The van der Waals surface area contributed by atoms with Gasteiger partial charge in [-0.15, -0.1) is 6.42 Å². The summed E-state index contributed by atoms with van der Waals surface area (Å²) in [6.07, 6.45) is 6.32. The predicted molar refractivity (Wildman–Crippen MR) is 88.1 cm³/mol. The highest BCUT2D eigenvalue weighted by atomic mass is 16.5. The highest BCUT2D eigenvalue weighted by Crippen LogP contribution is 2.23. The molecule has 2 N–H and O–H groups in total. The summed E-state index contributed by atoms with van der Waals surface area (Å²) in [7, 11) is 1.72. The van der Waals surface area contributed by atoms with Gasteiger partial charge in [-0.1, -0.05) is 18.1 Å². The average Bonchev–Trinajstić information content (AvgIpc) is 3.02. The molecule has 5 heteroatoms. The molecule has 1 aliphatic rings. The lowest BCUT2D eigenvalue weighted by molar-refractivity contribution is 0.140. The molecule has 5 nitrogen and oxygen atoms in total. The first-order valence-electron chi connectivity index (χ1n) is 7.45. The second kappa shape index (κ2) is 8.30. The topological polar surface area (TPSA) is 54.9 Å². The van der Waals surface area contributed by atoms with Crippen molar-refractivity contribution in [2.75, 3.05) is 26.8 Å². The Balaban J connectivity index is 2.01. The van der Waals surface area contributed by atoms with Crippen LogP contribution in [0.2, 0.25) is 0 Å². The van der Waals surface area contributed by atoms with Crippen molar-refractivity contribution >= 4 is 5.96 Å². The summed E-state index contributed by atoms with van der Waals surface area (Å²) >= 11 is 0. The Labute approximate surface area is 132 Å². The van der Waals surface area contributed by atoms with Crippen LogP contribution in [0.15, 0.2) is 23.2 Å². The molecule has 0 spiro atoms. The fourth-order valence-electron chi connectivity index (χ4n) is 2.24. The van der Waals surface area contributed by atoms with Crippen LogP contribution < -0.4 is 15.4 Å².